The first-order valence-corrected chi connectivity index (χ1v) is 6.56. The summed E-state index contributed by atoms with van der Waals surface area (Å²) in [5, 5.41) is 19.7. The molecule has 0 aliphatic carbocycles. The van der Waals surface area contributed by atoms with E-state index in [1.54, 1.807) is 6.07 Å². The van der Waals surface area contributed by atoms with Gasteiger partial charge < -0.3 is 4.74 Å². The van der Waals surface area contributed by atoms with Crippen LogP contribution in [0.3, 0.4) is 0 Å². The van der Waals surface area contributed by atoms with Crippen LogP contribution in [-0.4, -0.2) is 4.92 Å². The lowest BCUT2D eigenvalue weighted by Crippen LogP contribution is -2.01. The number of nitrogens with zero attached hydrogens (tertiary/aromatic N) is 2. The lowest BCUT2D eigenvalue weighted by molar-refractivity contribution is -0.386. The number of nitro benzene ring substituents is 1. The minimum atomic E-state index is -0.581. The van der Waals surface area contributed by atoms with Gasteiger partial charge in [0.2, 0.25) is 0 Å². The van der Waals surface area contributed by atoms with Gasteiger partial charge in [-0.1, -0.05) is 15.9 Å². The average Bonchev–Trinajstić information content (AvgIpc) is 2.47. The van der Waals surface area contributed by atoms with E-state index in [1.807, 2.05) is 6.07 Å². The Kier molecular flexibility index (Phi) is 4.50. The van der Waals surface area contributed by atoms with E-state index in [1.165, 1.54) is 24.3 Å². The smallest absolute Gasteiger partial charge is 0.312 e. The highest BCUT2D eigenvalue weighted by Gasteiger charge is 2.16. The molecule has 2 rings (SSSR count). The summed E-state index contributed by atoms with van der Waals surface area (Å²) in [6, 6.07) is 10.1. The van der Waals surface area contributed by atoms with E-state index >= 15 is 0 Å². The fourth-order valence-corrected chi connectivity index (χ4v) is 2.01. The SMILES string of the molecule is N#Cc1ccc(F)c(COc2ccc(Br)cc2[N+](=O)[O-])c1. The molecule has 0 fully saturated rings. The van der Waals surface area contributed by atoms with E-state index in [2.05, 4.69) is 15.9 Å². The lowest BCUT2D eigenvalue weighted by atomic mass is 10.1. The standard InChI is InChI=1S/C14H8BrFN2O3/c15-11-2-4-14(13(6-11)18(19)20)21-8-10-5-9(7-17)1-3-12(10)16/h1-6H,8H2. The molecule has 0 aliphatic rings. The molecule has 0 radical (unpaired) electrons. The molecule has 106 valence electrons. The van der Waals surface area contributed by atoms with E-state index in [-0.39, 0.29) is 23.6 Å². The zero-order chi connectivity index (χ0) is 15.4. The Labute approximate surface area is 127 Å². The molecule has 0 heterocycles. The number of benzene rings is 2. The summed E-state index contributed by atoms with van der Waals surface area (Å²) in [5.41, 5.74) is 0.229. The molecule has 0 spiro atoms. The largest absolute Gasteiger partial charge is 0.482 e. The van der Waals surface area contributed by atoms with Crippen molar-refractivity contribution >= 4 is 21.6 Å². The predicted molar refractivity (Wildman–Crippen MR) is 76.2 cm³/mol. The first kappa shape index (κ1) is 14.9. The molecule has 0 saturated carbocycles. The van der Waals surface area contributed by atoms with Crippen molar-refractivity contribution in [2.75, 3.05) is 0 Å². The van der Waals surface area contributed by atoms with Gasteiger partial charge in [0.1, 0.15) is 12.4 Å². The first-order chi connectivity index (χ1) is 10.0. The van der Waals surface area contributed by atoms with Gasteiger partial charge in [-0.3, -0.25) is 10.1 Å². The Morgan fingerprint density at radius 1 is 1.33 bits per heavy atom. The maximum atomic E-state index is 13.6. The summed E-state index contributed by atoms with van der Waals surface area (Å²) in [5.74, 6) is -0.501. The number of halogens is 2. The number of hydrogen-bond donors (Lipinski definition) is 0. The van der Waals surface area contributed by atoms with Crippen LogP contribution in [0.1, 0.15) is 11.1 Å². The average molecular weight is 351 g/mol. The van der Waals surface area contributed by atoms with Gasteiger partial charge in [-0.05, 0) is 30.3 Å². The molecule has 0 saturated heterocycles. The fourth-order valence-electron chi connectivity index (χ4n) is 1.67. The normalized spacial score (nSPS) is 9.95. The zero-order valence-corrected chi connectivity index (χ0v) is 12.1. The molecule has 0 unspecified atom stereocenters. The van der Waals surface area contributed by atoms with Gasteiger partial charge >= 0.3 is 5.69 Å². The molecular weight excluding hydrogens is 343 g/mol. The highest BCUT2D eigenvalue weighted by Crippen LogP contribution is 2.30. The summed E-state index contributed by atoms with van der Waals surface area (Å²) < 4.78 is 19.4. The lowest BCUT2D eigenvalue weighted by Gasteiger charge is -2.08. The van der Waals surface area contributed by atoms with Crippen LogP contribution in [0.25, 0.3) is 0 Å². The van der Waals surface area contributed by atoms with Gasteiger partial charge in [-0.2, -0.15) is 5.26 Å². The Morgan fingerprint density at radius 3 is 2.76 bits per heavy atom. The Morgan fingerprint density at radius 2 is 2.10 bits per heavy atom. The van der Waals surface area contributed by atoms with Crippen molar-refractivity contribution in [2.45, 2.75) is 6.61 Å². The quantitative estimate of drug-likeness (QED) is 0.617. The van der Waals surface area contributed by atoms with E-state index in [9.17, 15) is 14.5 Å². The molecule has 0 amide bonds. The molecule has 2 aromatic rings. The van der Waals surface area contributed by atoms with Crippen LogP contribution in [0, 0.1) is 27.3 Å². The molecule has 0 aliphatic heterocycles. The van der Waals surface area contributed by atoms with Crippen LogP contribution in [-0.2, 0) is 6.61 Å². The summed E-state index contributed by atoms with van der Waals surface area (Å²) in [6.45, 7) is -0.205. The van der Waals surface area contributed by atoms with E-state index in [0.29, 0.717) is 10.0 Å². The topological polar surface area (TPSA) is 76.2 Å². The second-order valence-electron chi connectivity index (χ2n) is 4.08. The summed E-state index contributed by atoms with van der Waals surface area (Å²) in [6.07, 6.45) is 0. The third-order valence-electron chi connectivity index (χ3n) is 2.68. The predicted octanol–water partition coefficient (Wildman–Crippen LogP) is 3.95. The summed E-state index contributed by atoms with van der Waals surface area (Å²) in [7, 11) is 0. The second-order valence-corrected chi connectivity index (χ2v) is 4.99. The third kappa shape index (κ3) is 3.55. The van der Waals surface area contributed by atoms with Crippen LogP contribution in [0.2, 0.25) is 0 Å². The number of nitro groups is 1. The van der Waals surface area contributed by atoms with Crippen LogP contribution in [0.15, 0.2) is 40.9 Å². The van der Waals surface area contributed by atoms with Crippen molar-refractivity contribution in [3.05, 3.63) is 67.9 Å². The molecule has 0 bridgehead atoms. The Hall–Kier alpha value is -2.46. The summed E-state index contributed by atoms with van der Waals surface area (Å²) in [4.78, 5) is 10.4. The highest BCUT2D eigenvalue weighted by atomic mass is 79.9. The number of rotatable bonds is 4. The van der Waals surface area contributed by atoms with Gasteiger partial charge in [0.05, 0.1) is 16.6 Å². The van der Waals surface area contributed by atoms with Crippen LogP contribution >= 0.6 is 15.9 Å². The van der Waals surface area contributed by atoms with Gasteiger partial charge in [0.25, 0.3) is 0 Å². The van der Waals surface area contributed by atoms with Crippen LogP contribution < -0.4 is 4.74 Å². The van der Waals surface area contributed by atoms with Crippen LogP contribution in [0.5, 0.6) is 5.75 Å². The molecule has 21 heavy (non-hydrogen) atoms. The molecule has 0 N–H and O–H groups in total. The zero-order valence-electron chi connectivity index (χ0n) is 10.5. The molecular formula is C14H8BrFN2O3. The van der Waals surface area contributed by atoms with E-state index in [4.69, 9.17) is 10.00 Å². The monoisotopic (exact) mass is 350 g/mol. The third-order valence-corrected chi connectivity index (χ3v) is 3.17. The van der Waals surface area contributed by atoms with Crippen molar-refractivity contribution < 1.29 is 14.1 Å². The molecule has 0 aromatic heterocycles. The number of nitriles is 1. The molecule has 2 aromatic carbocycles. The second kappa shape index (κ2) is 6.33. The van der Waals surface area contributed by atoms with Crippen molar-refractivity contribution in [1.29, 1.82) is 5.26 Å². The summed E-state index contributed by atoms with van der Waals surface area (Å²) >= 11 is 3.14. The highest BCUT2D eigenvalue weighted by molar-refractivity contribution is 9.10. The number of hydrogen-bond acceptors (Lipinski definition) is 4. The molecule has 5 nitrogen and oxygen atoms in total. The maximum absolute atomic E-state index is 13.6. The van der Waals surface area contributed by atoms with Crippen molar-refractivity contribution in [2.24, 2.45) is 0 Å². The minimum absolute atomic E-state index is 0.0324. The molecule has 7 heteroatoms. The van der Waals surface area contributed by atoms with Gasteiger partial charge in [-0.25, -0.2) is 4.39 Å². The van der Waals surface area contributed by atoms with Crippen molar-refractivity contribution in [3.8, 4) is 11.8 Å². The minimum Gasteiger partial charge on any atom is -0.482 e. The van der Waals surface area contributed by atoms with Gasteiger partial charge in [-0.15, -0.1) is 0 Å². The van der Waals surface area contributed by atoms with Crippen molar-refractivity contribution in [1.82, 2.24) is 0 Å². The molecule has 0 atom stereocenters. The van der Waals surface area contributed by atoms with Crippen molar-refractivity contribution in [3.63, 3.8) is 0 Å². The van der Waals surface area contributed by atoms with Crippen LogP contribution in [0.4, 0.5) is 10.1 Å². The van der Waals surface area contributed by atoms with Gasteiger partial charge in [0.15, 0.2) is 5.75 Å². The first-order valence-electron chi connectivity index (χ1n) is 5.76. The fraction of sp³-hybridized carbons (Fsp3) is 0.0714. The number of ether oxygens (including phenoxy) is 1. The van der Waals surface area contributed by atoms with E-state index < -0.39 is 10.7 Å². The maximum Gasteiger partial charge on any atom is 0.312 e. The Bertz CT molecular complexity index is 743. The Balaban J connectivity index is 2.25. The van der Waals surface area contributed by atoms with E-state index in [0.717, 1.165) is 6.07 Å². The van der Waals surface area contributed by atoms with Gasteiger partial charge in [0, 0.05) is 16.1 Å².